The van der Waals surface area contributed by atoms with Crippen LogP contribution in [0.2, 0.25) is 0 Å². The van der Waals surface area contributed by atoms with E-state index in [0.29, 0.717) is 0 Å². The maximum Gasteiger partial charge on any atom is 0.321 e. The van der Waals surface area contributed by atoms with E-state index in [1.165, 1.54) is 6.07 Å². The van der Waals surface area contributed by atoms with Crippen molar-refractivity contribution in [2.24, 2.45) is 0 Å². The van der Waals surface area contributed by atoms with Gasteiger partial charge in [0.15, 0.2) is 0 Å². The predicted molar refractivity (Wildman–Crippen MR) is 103 cm³/mol. The highest BCUT2D eigenvalue weighted by Crippen LogP contribution is 2.31. The molecule has 0 atom stereocenters. The molecule has 4 rings (SSSR count). The van der Waals surface area contributed by atoms with Crippen molar-refractivity contribution in [3.8, 4) is 0 Å². The summed E-state index contributed by atoms with van der Waals surface area (Å²) in [5.41, 5.74) is 5.24. The van der Waals surface area contributed by atoms with Gasteiger partial charge in [-0.3, -0.25) is 10.1 Å². The first-order chi connectivity index (χ1) is 12.2. The summed E-state index contributed by atoms with van der Waals surface area (Å²) in [5, 5.41) is 14.7. The van der Waals surface area contributed by atoms with E-state index in [4.69, 9.17) is 0 Å². The molecule has 1 aliphatic heterocycles. The Balaban J connectivity index is 1.87. The summed E-state index contributed by atoms with van der Waals surface area (Å²) in [6.07, 6.45) is 2.11. The maximum absolute atomic E-state index is 11.2. The summed E-state index contributed by atoms with van der Waals surface area (Å²) < 4.78 is 0. The van der Waals surface area contributed by atoms with Gasteiger partial charge < -0.3 is 5.23 Å². The molecule has 25 heavy (non-hydrogen) atoms. The molecule has 3 aromatic carbocycles. The Labute approximate surface area is 146 Å². The molecular formula is C20H15BN2O2. The van der Waals surface area contributed by atoms with Gasteiger partial charge in [-0.2, -0.15) is 0 Å². The van der Waals surface area contributed by atoms with Gasteiger partial charge in [-0.25, -0.2) is 0 Å². The number of nitro groups is 1. The summed E-state index contributed by atoms with van der Waals surface area (Å²) in [5.74, 6) is 0. The highest BCUT2D eigenvalue weighted by atomic mass is 16.6. The summed E-state index contributed by atoms with van der Waals surface area (Å²) in [7, 11) is 0. The molecule has 0 bridgehead atoms. The minimum absolute atomic E-state index is 0.0573. The second-order valence-corrected chi connectivity index (χ2v) is 5.98. The summed E-state index contributed by atoms with van der Waals surface area (Å²) in [6, 6.07) is 25.0. The van der Waals surface area contributed by atoms with Crippen LogP contribution >= 0.6 is 0 Å². The van der Waals surface area contributed by atoms with Gasteiger partial charge in [0, 0.05) is 17.8 Å². The lowest BCUT2D eigenvalue weighted by Gasteiger charge is -2.26. The number of hydrogen-bond donors (Lipinski definition) is 1. The Morgan fingerprint density at radius 3 is 2.44 bits per heavy atom. The number of rotatable bonds is 3. The van der Waals surface area contributed by atoms with E-state index in [9.17, 15) is 10.1 Å². The van der Waals surface area contributed by atoms with Gasteiger partial charge in [0.25, 0.3) is 5.69 Å². The Morgan fingerprint density at radius 2 is 1.64 bits per heavy atom. The van der Waals surface area contributed by atoms with E-state index in [1.807, 2.05) is 48.5 Å². The quantitative estimate of drug-likeness (QED) is 0.450. The first-order valence-electron chi connectivity index (χ1n) is 8.09. The zero-order chi connectivity index (χ0) is 17.2. The van der Waals surface area contributed by atoms with Gasteiger partial charge in [-0.15, -0.1) is 0 Å². The van der Waals surface area contributed by atoms with Crippen molar-refractivity contribution in [3.63, 3.8) is 0 Å². The molecule has 0 saturated heterocycles. The number of nitro benzene ring substituents is 1. The molecule has 1 heterocycles. The minimum Gasteiger partial charge on any atom is -0.420 e. The topological polar surface area (TPSA) is 55.2 Å². The molecule has 0 unspecified atom stereocenters. The van der Waals surface area contributed by atoms with Crippen LogP contribution in [0.15, 0.2) is 78.9 Å². The average molecular weight is 326 g/mol. The van der Waals surface area contributed by atoms with Gasteiger partial charge in [-0.1, -0.05) is 72.2 Å². The fourth-order valence-corrected chi connectivity index (χ4v) is 3.20. The van der Waals surface area contributed by atoms with Crippen molar-refractivity contribution >= 4 is 35.2 Å². The van der Waals surface area contributed by atoms with Crippen LogP contribution in [0.25, 0.3) is 11.5 Å². The van der Waals surface area contributed by atoms with Crippen LogP contribution in [0.3, 0.4) is 0 Å². The number of benzene rings is 3. The molecule has 1 N–H and O–H groups in total. The second-order valence-electron chi connectivity index (χ2n) is 5.98. The molecule has 0 spiro atoms. The molecule has 0 radical (unpaired) electrons. The molecule has 0 saturated carbocycles. The fourth-order valence-electron chi connectivity index (χ4n) is 3.20. The number of nitrogens with zero attached hydrogens (tertiary/aromatic N) is 1. The van der Waals surface area contributed by atoms with Gasteiger partial charge >= 0.3 is 6.85 Å². The number of fused-ring (bicyclic) bond motifs is 1. The second kappa shape index (κ2) is 6.28. The van der Waals surface area contributed by atoms with Crippen LogP contribution in [0.4, 0.5) is 11.4 Å². The maximum atomic E-state index is 11.2. The monoisotopic (exact) mass is 326 g/mol. The highest BCUT2D eigenvalue weighted by Gasteiger charge is 2.28. The van der Waals surface area contributed by atoms with Gasteiger partial charge in [-0.05, 0) is 22.7 Å². The molecule has 120 valence electrons. The minimum atomic E-state index is -0.355. The summed E-state index contributed by atoms with van der Waals surface area (Å²) in [6.45, 7) is -0.0573. The SMILES string of the molecule is O=[N+]([O-])c1cccc(C2=Cc3ccccc3NB2c2ccccc2)c1. The number of nitrogens with one attached hydrogen (secondary N) is 1. The standard InChI is InChI=1S/C20H15BN2O2/c24-23(25)18-11-6-8-15(13-18)19-14-16-7-4-5-12-20(16)22-21(19)17-9-2-1-3-10-17/h1-14,22H. The number of anilines is 1. The molecule has 0 fully saturated rings. The smallest absolute Gasteiger partial charge is 0.321 e. The molecule has 0 aliphatic carbocycles. The largest absolute Gasteiger partial charge is 0.420 e. The third-order valence-electron chi connectivity index (χ3n) is 4.41. The van der Waals surface area contributed by atoms with Crippen molar-refractivity contribution in [1.29, 1.82) is 0 Å². The van der Waals surface area contributed by atoms with Crippen LogP contribution in [-0.4, -0.2) is 11.8 Å². The highest BCUT2D eigenvalue weighted by molar-refractivity contribution is 6.93. The van der Waals surface area contributed by atoms with Crippen LogP contribution < -0.4 is 10.7 Å². The lowest BCUT2D eigenvalue weighted by Crippen LogP contribution is -2.41. The lowest BCUT2D eigenvalue weighted by atomic mass is 9.47. The van der Waals surface area contributed by atoms with Crippen molar-refractivity contribution in [1.82, 2.24) is 0 Å². The molecule has 1 aliphatic rings. The van der Waals surface area contributed by atoms with Crippen LogP contribution in [0.5, 0.6) is 0 Å². The molecule has 5 heteroatoms. The van der Waals surface area contributed by atoms with Crippen molar-refractivity contribution in [2.45, 2.75) is 0 Å². The Hall–Kier alpha value is -3.34. The third kappa shape index (κ3) is 2.92. The predicted octanol–water partition coefficient (Wildman–Crippen LogP) is 4.00. The summed E-state index contributed by atoms with van der Waals surface area (Å²) >= 11 is 0. The zero-order valence-corrected chi connectivity index (χ0v) is 13.4. The fraction of sp³-hybridized carbons (Fsp3) is 0. The normalized spacial score (nSPS) is 12.8. The molecule has 0 amide bonds. The van der Waals surface area contributed by atoms with Crippen molar-refractivity contribution in [3.05, 3.63) is 100 Å². The van der Waals surface area contributed by atoms with Gasteiger partial charge in [0.05, 0.1) is 4.92 Å². The zero-order valence-electron chi connectivity index (χ0n) is 13.4. The number of hydrogen-bond acceptors (Lipinski definition) is 3. The van der Waals surface area contributed by atoms with Crippen LogP contribution in [0, 0.1) is 10.1 Å². The summed E-state index contributed by atoms with van der Waals surface area (Å²) in [4.78, 5) is 10.8. The number of para-hydroxylation sites is 1. The van der Waals surface area contributed by atoms with Crippen molar-refractivity contribution in [2.75, 3.05) is 5.23 Å². The molecular weight excluding hydrogens is 311 g/mol. The average Bonchev–Trinajstić information content (AvgIpc) is 2.67. The van der Waals surface area contributed by atoms with Gasteiger partial charge in [0.1, 0.15) is 0 Å². The first kappa shape index (κ1) is 15.2. The Morgan fingerprint density at radius 1 is 0.880 bits per heavy atom. The molecule has 0 aromatic heterocycles. The first-order valence-corrected chi connectivity index (χ1v) is 8.09. The van der Waals surface area contributed by atoms with Crippen molar-refractivity contribution < 1.29 is 4.92 Å². The van der Waals surface area contributed by atoms with Crippen LogP contribution in [-0.2, 0) is 0 Å². The molecule has 3 aromatic rings. The van der Waals surface area contributed by atoms with E-state index in [2.05, 4.69) is 23.4 Å². The third-order valence-corrected chi connectivity index (χ3v) is 4.41. The Bertz CT molecular complexity index is 970. The molecule has 4 nitrogen and oxygen atoms in total. The van der Waals surface area contributed by atoms with E-state index in [1.54, 1.807) is 12.1 Å². The number of non-ortho nitro benzene ring substituents is 1. The van der Waals surface area contributed by atoms with E-state index in [0.717, 1.165) is 27.7 Å². The van der Waals surface area contributed by atoms with Crippen LogP contribution in [0.1, 0.15) is 11.1 Å². The lowest BCUT2D eigenvalue weighted by molar-refractivity contribution is -0.384. The van der Waals surface area contributed by atoms with E-state index >= 15 is 0 Å². The Kier molecular flexibility index (Phi) is 3.82. The van der Waals surface area contributed by atoms with Gasteiger partial charge in [0.2, 0.25) is 0 Å². The van der Waals surface area contributed by atoms with E-state index < -0.39 is 0 Å². The van der Waals surface area contributed by atoms with E-state index in [-0.39, 0.29) is 17.5 Å².